The fourth-order valence-electron chi connectivity index (χ4n) is 3.01. The fourth-order valence-corrected chi connectivity index (χ4v) is 3.01. The van der Waals surface area contributed by atoms with E-state index in [4.69, 9.17) is 4.74 Å². The van der Waals surface area contributed by atoms with Gasteiger partial charge in [0.1, 0.15) is 0 Å². The largest absolute Gasteiger partial charge is 0.465 e. The molecule has 1 amide bonds. The molecule has 1 saturated carbocycles. The van der Waals surface area contributed by atoms with Crippen LogP contribution in [-0.2, 0) is 4.74 Å². The molecule has 25 heavy (non-hydrogen) atoms. The Balaban J connectivity index is 1.76. The molecule has 1 aromatic carbocycles. The number of nitrogens with zero attached hydrogens (tertiary/aromatic N) is 1. The van der Waals surface area contributed by atoms with Crippen LogP contribution in [0.5, 0.6) is 0 Å². The minimum Gasteiger partial charge on any atom is -0.465 e. The summed E-state index contributed by atoms with van der Waals surface area (Å²) in [6.45, 7) is 0. The molecule has 0 unspecified atom stereocenters. The SMILES string of the molecule is COC(=O)c1ccccc1Nc1cncc(C(=O)NC2CCCC2)c1. The molecule has 0 atom stereocenters. The molecule has 0 radical (unpaired) electrons. The molecule has 6 heteroatoms. The third kappa shape index (κ3) is 4.15. The van der Waals surface area contributed by atoms with E-state index >= 15 is 0 Å². The van der Waals surface area contributed by atoms with Crippen molar-refractivity contribution in [2.24, 2.45) is 0 Å². The molecule has 0 aliphatic heterocycles. The highest BCUT2D eigenvalue weighted by Crippen LogP contribution is 2.22. The maximum absolute atomic E-state index is 12.4. The maximum atomic E-state index is 12.4. The van der Waals surface area contributed by atoms with Gasteiger partial charge in [-0.25, -0.2) is 4.79 Å². The number of hydrogen-bond donors (Lipinski definition) is 2. The monoisotopic (exact) mass is 339 g/mol. The lowest BCUT2D eigenvalue weighted by molar-refractivity contribution is 0.0601. The molecule has 0 bridgehead atoms. The van der Waals surface area contributed by atoms with Gasteiger partial charge >= 0.3 is 5.97 Å². The van der Waals surface area contributed by atoms with E-state index in [1.54, 1.807) is 36.7 Å². The zero-order valence-electron chi connectivity index (χ0n) is 14.1. The van der Waals surface area contributed by atoms with Gasteiger partial charge in [-0.15, -0.1) is 0 Å². The molecular weight excluding hydrogens is 318 g/mol. The van der Waals surface area contributed by atoms with Crippen LogP contribution < -0.4 is 10.6 Å². The van der Waals surface area contributed by atoms with E-state index in [9.17, 15) is 9.59 Å². The van der Waals surface area contributed by atoms with Crippen LogP contribution in [0, 0.1) is 0 Å². The summed E-state index contributed by atoms with van der Waals surface area (Å²) in [6, 6.07) is 9.02. The number of anilines is 2. The number of pyridine rings is 1. The van der Waals surface area contributed by atoms with Crippen molar-refractivity contribution in [3.05, 3.63) is 53.9 Å². The Hall–Kier alpha value is -2.89. The summed E-state index contributed by atoms with van der Waals surface area (Å²) in [5.41, 5.74) is 2.15. The van der Waals surface area contributed by atoms with Gasteiger partial charge in [-0.1, -0.05) is 25.0 Å². The van der Waals surface area contributed by atoms with Crippen LogP contribution in [0.15, 0.2) is 42.7 Å². The molecule has 2 aromatic rings. The van der Waals surface area contributed by atoms with Gasteiger partial charge in [0, 0.05) is 12.2 Å². The molecule has 0 saturated heterocycles. The number of hydrogen-bond acceptors (Lipinski definition) is 5. The maximum Gasteiger partial charge on any atom is 0.339 e. The van der Waals surface area contributed by atoms with Gasteiger partial charge < -0.3 is 15.4 Å². The Morgan fingerprint density at radius 2 is 1.92 bits per heavy atom. The highest BCUT2D eigenvalue weighted by molar-refractivity contribution is 5.97. The van der Waals surface area contributed by atoms with Gasteiger partial charge in [-0.3, -0.25) is 9.78 Å². The van der Waals surface area contributed by atoms with E-state index in [1.165, 1.54) is 7.11 Å². The van der Waals surface area contributed by atoms with Gasteiger partial charge in [-0.2, -0.15) is 0 Å². The van der Waals surface area contributed by atoms with E-state index in [1.807, 2.05) is 6.07 Å². The second-order valence-corrected chi connectivity index (χ2v) is 6.08. The van der Waals surface area contributed by atoms with Crippen LogP contribution in [0.1, 0.15) is 46.4 Å². The second-order valence-electron chi connectivity index (χ2n) is 6.08. The molecule has 6 nitrogen and oxygen atoms in total. The topological polar surface area (TPSA) is 80.3 Å². The number of rotatable bonds is 5. The van der Waals surface area contributed by atoms with Crippen LogP contribution in [-0.4, -0.2) is 30.0 Å². The molecular formula is C19H21N3O3. The number of para-hydroxylation sites is 1. The standard InChI is InChI=1S/C19H21N3O3/c1-25-19(24)16-8-4-5-9-17(16)21-15-10-13(11-20-12-15)18(23)22-14-6-2-3-7-14/h4-5,8-12,14,21H,2-3,6-7H2,1H3,(H,22,23). The van der Waals surface area contributed by atoms with Gasteiger partial charge in [0.05, 0.1) is 35.8 Å². The average Bonchev–Trinajstić information content (AvgIpc) is 3.15. The summed E-state index contributed by atoms with van der Waals surface area (Å²) < 4.78 is 4.79. The van der Waals surface area contributed by atoms with Crippen molar-refractivity contribution in [1.82, 2.24) is 10.3 Å². The molecule has 1 aliphatic rings. The third-order valence-corrected chi connectivity index (χ3v) is 4.30. The van der Waals surface area contributed by atoms with Crippen LogP contribution in [0.25, 0.3) is 0 Å². The predicted molar refractivity (Wildman–Crippen MR) is 95.0 cm³/mol. The van der Waals surface area contributed by atoms with Gasteiger partial charge in [-0.05, 0) is 31.0 Å². The number of nitrogens with one attached hydrogen (secondary N) is 2. The molecule has 2 N–H and O–H groups in total. The normalized spacial score (nSPS) is 14.1. The summed E-state index contributed by atoms with van der Waals surface area (Å²) in [6.07, 6.45) is 7.54. The lowest BCUT2D eigenvalue weighted by atomic mass is 10.1. The number of esters is 1. The van der Waals surface area contributed by atoms with Crippen molar-refractivity contribution in [1.29, 1.82) is 0 Å². The van der Waals surface area contributed by atoms with Crippen molar-refractivity contribution < 1.29 is 14.3 Å². The first-order chi connectivity index (χ1) is 12.2. The smallest absolute Gasteiger partial charge is 0.339 e. The summed E-state index contributed by atoms with van der Waals surface area (Å²) in [7, 11) is 1.34. The average molecular weight is 339 g/mol. The molecule has 1 heterocycles. The molecule has 130 valence electrons. The lowest BCUT2D eigenvalue weighted by Crippen LogP contribution is -2.32. The zero-order valence-corrected chi connectivity index (χ0v) is 14.1. The van der Waals surface area contributed by atoms with Gasteiger partial charge in [0.25, 0.3) is 5.91 Å². The summed E-state index contributed by atoms with van der Waals surface area (Å²) in [4.78, 5) is 28.4. The summed E-state index contributed by atoms with van der Waals surface area (Å²) in [5.74, 6) is -0.546. The van der Waals surface area contributed by atoms with Crippen LogP contribution in [0.2, 0.25) is 0 Å². The van der Waals surface area contributed by atoms with Gasteiger partial charge in [0.2, 0.25) is 0 Å². The number of benzene rings is 1. The van der Waals surface area contributed by atoms with Crippen molar-refractivity contribution in [3.8, 4) is 0 Å². The fraction of sp³-hybridized carbons (Fsp3) is 0.316. The minimum absolute atomic E-state index is 0.121. The van der Waals surface area contributed by atoms with Crippen molar-refractivity contribution in [2.75, 3.05) is 12.4 Å². The second kappa shape index (κ2) is 7.79. The van der Waals surface area contributed by atoms with E-state index in [0.717, 1.165) is 25.7 Å². The lowest BCUT2D eigenvalue weighted by Gasteiger charge is -2.13. The zero-order chi connectivity index (χ0) is 17.6. The van der Waals surface area contributed by atoms with Crippen molar-refractivity contribution in [3.63, 3.8) is 0 Å². The predicted octanol–water partition coefficient (Wildman–Crippen LogP) is 3.28. The molecule has 1 aromatic heterocycles. The number of carbonyl (C=O) groups excluding carboxylic acids is 2. The highest BCUT2D eigenvalue weighted by atomic mass is 16.5. The first kappa shape index (κ1) is 17.0. The Morgan fingerprint density at radius 3 is 2.68 bits per heavy atom. The minimum atomic E-state index is -0.425. The number of ether oxygens (including phenoxy) is 1. The highest BCUT2D eigenvalue weighted by Gasteiger charge is 2.18. The molecule has 0 spiro atoms. The van der Waals surface area contributed by atoms with Crippen LogP contribution >= 0.6 is 0 Å². The Morgan fingerprint density at radius 1 is 1.16 bits per heavy atom. The Labute approximate surface area is 146 Å². The Bertz CT molecular complexity index is 770. The molecule has 3 rings (SSSR count). The Kier molecular flexibility index (Phi) is 5.28. The third-order valence-electron chi connectivity index (χ3n) is 4.30. The van der Waals surface area contributed by atoms with E-state index in [0.29, 0.717) is 22.5 Å². The van der Waals surface area contributed by atoms with Crippen LogP contribution in [0.4, 0.5) is 11.4 Å². The molecule has 1 aliphatic carbocycles. The summed E-state index contributed by atoms with van der Waals surface area (Å²) >= 11 is 0. The number of aromatic nitrogens is 1. The van der Waals surface area contributed by atoms with Crippen molar-refractivity contribution in [2.45, 2.75) is 31.7 Å². The molecule has 1 fully saturated rings. The quantitative estimate of drug-likeness (QED) is 0.817. The first-order valence-electron chi connectivity index (χ1n) is 8.37. The van der Waals surface area contributed by atoms with Crippen LogP contribution in [0.3, 0.4) is 0 Å². The summed E-state index contributed by atoms with van der Waals surface area (Å²) in [5, 5.41) is 6.18. The van der Waals surface area contributed by atoms with Crippen molar-refractivity contribution >= 4 is 23.3 Å². The van der Waals surface area contributed by atoms with E-state index in [-0.39, 0.29) is 11.9 Å². The first-order valence-corrected chi connectivity index (χ1v) is 8.37. The number of carbonyl (C=O) groups is 2. The van der Waals surface area contributed by atoms with E-state index < -0.39 is 5.97 Å². The van der Waals surface area contributed by atoms with Gasteiger partial charge in [0.15, 0.2) is 0 Å². The number of amides is 1. The number of methoxy groups -OCH3 is 1. The van der Waals surface area contributed by atoms with E-state index in [2.05, 4.69) is 15.6 Å².